The third-order valence-corrected chi connectivity index (χ3v) is 7.31. The van der Waals surface area contributed by atoms with E-state index in [4.69, 9.17) is 10.7 Å². The van der Waals surface area contributed by atoms with Crippen LogP contribution in [-0.4, -0.2) is 36.8 Å². The van der Waals surface area contributed by atoms with E-state index in [1.54, 1.807) is 30.8 Å². The highest BCUT2D eigenvalue weighted by atomic mass is 127. The van der Waals surface area contributed by atoms with E-state index in [1.807, 2.05) is 12.1 Å². The van der Waals surface area contributed by atoms with Gasteiger partial charge in [-0.05, 0) is 68.2 Å². The number of anilines is 1. The molecule has 2 aliphatic heterocycles. The average molecular weight is 504 g/mol. The van der Waals surface area contributed by atoms with Crippen molar-refractivity contribution in [2.75, 3.05) is 5.73 Å². The summed E-state index contributed by atoms with van der Waals surface area (Å²) in [6.45, 7) is 3.46. The molecule has 0 amide bonds. The summed E-state index contributed by atoms with van der Waals surface area (Å²) in [6, 6.07) is 4.99. The van der Waals surface area contributed by atoms with Gasteiger partial charge in [0, 0.05) is 35.3 Å². The van der Waals surface area contributed by atoms with Gasteiger partial charge < -0.3 is 16.2 Å². The summed E-state index contributed by atoms with van der Waals surface area (Å²) in [6.07, 6.45) is 8.30. The average Bonchev–Trinajstić information content (AvgIpc) is 3.26. The number of halogens is 1. The van der Waals surface area contributed by atoms with Gasteiger partial charge in [-0.1, -0.05) is 6.07 Å². The summed E-state index contributed by atoms with van der Waals surface area (Å²) in [5.41, 5.74) is 9.81. The van der Waals surface area contributed by atoms with Gasteiger partial charge in [0.2, 0.25) is 0 Å². The summed E-state index contributed by atoms with van der Waals surface area (Å²) >= 11 is 2.32. The first kappa shape index (κ1) is 19.2. The van der Waals surface area contributed by atoms with Crippen molar-refractivity contribution in [3.05, 3.63) is 39.5 Å². The van der Waals surface area contributed by atoms with E-state index in [-0.39, 0.29) is 0 Å². The maximum absolute atomic E-state index is 10.2. The lowest BCUT2D eigenvalue weighted by molar-refractivity contribution is 0.0739. The molecule has 2 saturated heterocycles. The molecule has 0 spiro atoms. The van der Waals surface area contributed by atoms with Gasteiger partial charge in [-0.15, -0.1) is 0 Å². The zero-order valence-electron chi connectivity index (χ0n) is 16.6. The summed E-state index contributed by atoms with van der Waals surface area (Å²) in [5.74, 6) is 1.06. The molecule has 3 aromatic rings. The Balaban J connectivity index is 1.58. The minimum absolute atomic E-state index is 0.423. The van der Waals surface area contributed by atoms with Crippen LogP contribution >= 0.6 is 22.6 Å². The van der Waals surface area contributed by atoms with Crippen molar-refractivity contribution in [2.24, 2.45) is 0 Å². The van der Waals surface area contributed by atoms with Crippen molar-refractivity contribution in [3.8, 4) is 11.1 Å². The zero-order valence-corrected chi connectivity index (χ0v) is 18.7. The van der Waals surface area contributed by atoms with Crippen LogP contribution in [0.25, 0.3) is 16.8 Å². The van der Waals surface area contributed by atoms with Crippen molar-refractivity contribution < 1.29 is 5.11 Å². The minimum Gasteiger partial charge on any atom is -0.384 e. The van der Waals surface area contributed by atoms with Crippen molar-refractivity contribution >= 4 is 34.1 Å². The Labute approximate surface area is 183 Å². The number of piperidine rings is 1. The summed E-state index contributed by atoms with van der Waals surface area (Å²) < 4.78 is 2.73. The molecule has 0 aromatic carbocycles. The SMILES string of the molecule is CC(C)(O)c1ccc(-c2cnn3c(N)c(I)c(C4C[C@H]5CC[C@@H](C4)N5)nc23)cn1. The molecule has 2 fully saturated rings. The number of aromatic nitrogens is 4. The first-order chi connectivity index (χ1) is 13.8. The maximum Gasteiger partial charge on any atom is 0.165 e. The van der Waals surface area contributed by atoms with Crippen LogP contribution in [0.5, 0.6) is 0 Å². The van der Waals surface area contributed by atoms with Crippen molar-refractivity contribution in [3.63, 3.8) is 0 Å². The van der Waals surface area contributed by atoms with Crippen LogP contribution in [0.1, 0.15) is 56.8 Å². The summed E-state index contributed by atoms with van der Waals surface area (Å²) in [7, 11) is 0. The largest absolute Gasteiger partial charge is 0.384 e. The Kier molecular flexibility index (Phi) is 4.56. The molecule has 5 rings (SSSR count). The van der Waals surface area contributed by atoms with E-state index < -0.39 is 5.60 Å². The number of aliphatic hydroxyl groups is 1. The maximum atomic E-state index is 10.2. The monoisotopic (exact) mass is 504 g/mol. The molecule has 4 N–H and O–H groups in total. The molecule has 3 aromatic heterocycles. The lowest BCUT2D eigenvalue weighted by Gasteiger charge is -2.29. The highest BCUT2D eigenvalue weighted by Gasteiger charge is 2.36. The third-order valence-electron chi connectivity index (χ3n) is 6.21. The van der Waals surface area contributed by atoms with Crippen LogP contribution in [0.15, 0.2) is 24.5 Å². The van der Waals surface area contributed by atoms with Crippen molar-refractivity contribution in [1.82, 2.24) is 24.9 Å². The molecule has 152 valence electrons. The molecule has 8 heteroatoms. The highest BCUT2D eigenvalue weighted by molar-refractivity contribution is 14.1. The molecule has 3 atom stereocenters. The van der Waals surface area contributed by atoms with E-state index in [0.717, 1.165) is 38.9 Å². The molecular formula is C21H25IN6O. The molecule has 2 aliphatic rings. The quantitative estimate of drug-likeness (QED) is 0.474. The molecule has 7 nitrogen and oxygen atoms in total. The van der Waals surface area contributed by atoms with Crippen LogP contribution in [0.2, 0.25) is 0 Å². The first-order valence-electron chi connectivity index (χ1n) is 10.1. The second-order valence-electron chi connectivity index (χ2n) is 8.79. The Morgan fingerprint density at radius 3 is 2.55 bits per heavy atom. The Bertz CT molecular complexity index is 1060. The standard InChI is InChI=1S/C21H25IN6O/c1-21(2,29)16-6-3-11(9-24-16)15-10-25-28-19(23)17(22)18(27-20(15)28)12-7-13-4-5-14(8-12)26-13/h3,6,9-10,12-14,26,29H,4-5,7-8,23H2,1-2H3/t12?,13-,14+. The normalized spacial score (nSPS) is 24.3. The smallest absolute Gasteiger partial charge is 0.165 e. The number of hydrogen-bond acceptors (Lipinski definition) is 6. The number of nitrogen functional groups attached to an aromatic ring is 1. The molecule has 0 saturated carbocycles. The third kappa shape index (κ3) is 3.30. The van der Waals surface area contributed by atoms with Crippen LogP contribution in [0.4, 0.5) is 5.82 Å². The Morgan fingerprint density at radius 1 is 1.21 bits per heavy atom. The number of hydrogen-bond donors (Lipinski definition) is 3. The fourth-order valence-corrected chi connectivity index (χ4v) is 5.47. The topological polar surface area (TPSA) is 101 Å². The molecule has 1 unspecified atom stereocenters. The van der Waals surface area contributed by atoms with Gasteiger partial charge in [0.15, 0.2) is 5.65 Å². The number of nitrogens with one attached hydrogen (secondary N) is 1. The van der Waals surface area contributed by atoms with E-state index in [9.17, 15) is 5.11 Å². The van der Waals surface area contributed by atoms with Crippen LogP contribution < -0.4 is 11.1 Å². The number of fused-ring (bicyclic) bond motifs is 3. The summed E-state index contributed by atoms with van der Waals surface area (Å²) in [4.78, 5) is 9.51. The highest BCUT2D eigenvalue weighted by Crippen LogP contribution is 2.40. The van der Waals surface area contributed by atoms with Crippen molar-refractivity contribution in [1.29, 1.82) is 0 Å². The van der Waals surface area contributed by atoms with Crippen molar-refractivity contribution in [2.45, 2.75) is 63.1 Å². The van der Waals surface area contributed by atoms with Gasteiger partial charge in [-0.3, -0.25) is 4.98 Å². The lowest BCUT2D eigenvalue weighted by atomic mass is 9.89. The number of rotatable bonds is 3. The van der Waals surface area contributed by atoms with Gasteiger partial charge >= 0.3 is 0 Å². The molecular weight excluding hydrogens is 479 g/mol. The zero-order chi connectivity index (χ0) is 20.3. The second-order valence-corrected chi connectivity index (χ2v) is 9.87. The molecule has 29 heavy (non-hydrogen) atoms. The molecule has 0 radical (unpaired) electrons. The van der Waals surface area contributed by atoms with Gasteiger partial charge in [0.05, 0.1) is 21.2 Å². The first-order valence-corrected chi connectivity index (χ1v) is 11.2. The molecule has 0 aliphatic carbocycles. The second kappa shape index (κ2) is 6.88. The van der Waals surface area contributed by atoms with E-state index in [1.165, 1.54) is 12.8 Å². The van der Waals surface area contributed by atoms with Crippen LogP contribution in [0.3, 0.4) is 0 Å². The van der Waals surface area contributed by atoms with E-state index in [0.29, 0.717) is 29.5 Å². The Hall–Kier alpha value is -1.78. The molecule has 5 heterocycles. The number of nitrogens with zero attached hydrogens (tertiary/aromatic N) is 4. The predicted molar refractivity (Wildman–Crippen MR) is 121 cm³/mol. The number of pyridine rings is 1. The van der Waals surface area contributed by atoms with Gasteiger partial charge in [0.25, 0.3) is 0 Å². The van der Waals surface area contributed by atoms with Crippen LogP contribution in [0, 0.1) is 3.57 Å². The van der Waals surface area contributed by atoms with Gasteiger partial charge in [-0.25, -0.2) is 4.98 Å². The van der Waals surface area contributed by atoms with Gasteiger partial charge in [0.1, 0.15) is 11.4 Å². The minimum atomic E-state index is -0.972. The molecule has 2 bridgehead atoms. The fraction of sp³-hybridized carbons (Fsp3) is 0.476. The number of nitrogens with two attached hydrogens (primary N) is 1. The lowest BCUT2D eigenvalue weighted by Crippen LogP contribution is -2.37. The van der Waals surface area contributed by atoms with Crippen LogP contribution in [-0.2, 0) is 5.60 Å². The fourth-order valence-electron chi connectivity index (χ4n) is 4.68. The van der Waals surface area contributed by atoms with E-state index >= 15 is 0 Å². The van der Waals surface area contributed by atoms with Gasteiger partial charge in [-0.2, -0.15) is 9.61 Å². The summed E-state index contributed by atoms with van der Waals surface area (Å²) in [5, 5.41) is 18.4. The van der Waals surface area contributed by atoms with E-state index in [2.05, 4.69) is 38.0 Å². The Morgan fingerprint density at radius 2 is 1.93 bits per heavy atom. The predicted octanol–water partition coefficient (Wildman–Crippen LogP) is 3.20.